The Labute approximate surface area is 98.4 Å². The summed E-state index contributed by atoms with van der Waals surface area (Å²) in [6.45, 7) is 2.02. The largest absolute Gasteiger partial charge is 0.409 e. The summed E-state index contributed by atoms with van der Waals surface area (Å²) in [5, 5.41) is 11.5. The first-order chi connectivity index (χ1) is 8.26. The maximum Gasteiger partial charge on any atom is 0.188 e. The van der Waals surface area contributed by atoms with Crippen molar-refractivity contribution in [2.75, 3.05) is 0 Å². The van der Waals surface area contributed by atoms with Crippen LogP contribution in [0.15, 0.2) is 35.7 Å². The third-order valence-corrected chi connectivity index (χ3v) is 2.38. The molecule has 0 fully saturated rings. The molecule has 0 spiro atoms. The third kappa shape index (κ3) is 2.10. The summed E-state index contributed by atoms with van der Waals surface area (Å²) in [6, 6.07) is 5.32. The highest BCUT2D eigenvalue weighted by atomic mass is 16.4. The highest BCUT2D eigenvalue weighted by molar-refractivity contribution is 5.95. The van der Waals surface area contributed by atoms with Gasteiger partial charge in [-0.05, 0) is 12.1 Å². The van der Waals surface area contributed by atoms with Gasteiger partial charge >= 0.3 is 0 Å². The zero-order chi connectivity index (χ0) is 12.3. The van der Waals surface area contributed by atoms with E-state index in [2.05, 4.69) is 15.1 Å². The van der Waals surface area contributed by atoms with E-state index in [1.54, 1.807) is 18.3 Å². The average molecular weight is 231 g/mol. The number of nitrogens with zero attached hydrogens (tertiary/aromatic N) is 4. The fourth-order valence-corrected chi connectivity index (χ4v) is 1.56. The predicted octanol–water partition coefficient (Wildman–Crippen LogP) is 0.924. The molecule has 3 N–H and O–H groups in total. The summed E-state index contributed by atoms with van der Waals surface area (Å²) in [5.41, 5.74) is 5.93. The molecule has 0 unspecified atom stereocenters. The van der Waals surface area contributed by atoms with Crippen molar-refractivity contribution in [3.8, 4) is 5.82 Å². The van der Waals surface area contributed by atoms with Crippen LogP contribution in [0.1, 0.15) is 18.4 Å². The molecule has 2 aromatic rings. The van der Waals surface area contributed by atoms with E-state index in [1.165, 1.54) is 0 Å². The van der Waals surface area contributed by atoms with Gasteiger partial charge < -0.3 is 10.9 Å². The Hall–Kier alpha value is -2.37. The van der Waals surface area contributed by atoms with Crippen LogP contribution in [-0.4, -0.2) is 25.6 Å². The molecule has 2 heterocycles. The molecule has 0 bridgehead atoms. The normalized spacial score (nSPS) is 11.7. The van der Waals surface area contributed by atoms with Crippen LogP contribution >= 0.6 is 0 Å². The molecule has 0 amide bonds. The molecule has 0 aliphatic rings. The van der Waals surface area contributed by atoms with Gasteiger partial charge in [0.25, 0.3) is 0 Å². The first-order valence-corrected chi connectivity index (χ1v) is 5.23. The van der Waals surface area contributed by atoms with Crippen LogP contribution in [0, 0.1) is 0 Å². The lowest BCUT2D eigenvalue weighted by Gasteiger charge is -2.06. The number of hydrogen-bond donors (Lipinski definition) is 2. The van der Waals surface area contributed by atoms with Gasteiger partial charge in [-0.15, -0.1) is 0 Å². The molecule has 0 aliphatic heterocycles. The Kier molecular flexibility index (Phi) is 3.04. The molecule has 88 valence electrons. The van der Waals surface area contributed by atoms with E-state index in [0.29, 0.717) is 11.5 Å². The van der Waals surface area contributed by atoms with Crippen LogP contribution in [0.5, 0.6) is 0 Å². The minimum Gasteiger partial charge on any atom is -0.409 e. The van der Waals surface area contributed by atoms with Crippen LogP contribution in [0.2, 0.25) is 0 Å². The van der Waals surface area contributed by atoms with E-state index in [4.69, 9.17) is 10.9 Å². The number of amidine groups is 1. The number of pyridine rings is 1. The van der Waals surface area contributed by atoms with Crippen LogP contribution in [0.25, 0.3) is 5.82 Å². The van der Waals surface area contributed by atoms with Crippen molar-refractivity contribution in [2.45, 2.75) is 13.3 Å². The topological polar surface area (TPSA) is 89.3 Å². The summed E-state index contributed by atoms with van der Waals surface area (Å²) in [4.78, 5) is 8.52. The summed E-state index contributed by atoms with van der Waals surface area (Å²) in [6.07, 6.45) is 4.36. The Morgan fingerprint density at radius 1 is 1.53 bits per heavy atom. The lowest BCUT2D eigenvalue weighted by atomic mass is 10.3. The first kappa shape index (κ1) is 11.1. The molecule has 6 heteroatoms. The van der Waals surface area contributed by atoms with E-state index in [-0.39, 0.29) is 5.84 Å². The molecular weight excluding hydrogens is 218 g/mol. The zero-order valence-corrected chi connectivity index (χ0v) is 9.41. The lowest BCUT2D eigenvalue weighted by molar-refractivity contribution is 0.318. The van der Waals surface area contributed by atoms with Gasteiger partial charge in [-0.1, -0.05) is 18.1 Å². The van der Waals surface area contributed by atoms with E-state index in [1.807, 2.05) is 23.8 Å². The van der Waals surface area contributed by atoms with Crippen LogP contribution < -0.4 is 5.73 Å². The molecular formula is C11H13N5O. The second-order valence-corrected chi connectivity index (χ2v) is 3.43. The molecule has 0 atom stereocenters. The Morgan fingerprint density at radius 2 is 2.35 bits per heavy atom. The van der Waals surface area contributed by atoms with Gasteiger partial charge in [0.05, 0.1) is 0 Å². The average Bonchev–Trinajstić information content (AvgIpc) is 2.86. The highest BCUT2D eigenvalue weighted by Crippen LogP contribution is 2.09. The Morgan fingerprint density at radius 3 is 3.06 bits per heavy atom. The summed E-state index contributed by atoms with van der Waals surface area (Å²) in [7, 11) is 0. The maximum absolute atomic E-state index is 8.61. The van der Waals surface area contributed by atoms with Gasteiger partial charge in [0.2, 0.25) is 0 Å². The lowest BCUT2D eigenvalue weighted by Crippen LogP contribution is -2.16. The van der Waals surface area contributed by atoms with Crippen molar-refractivity contribution in [1.82, 2.24) is 14.5 Å². The number of oxime groups is 1. The molecule has 0 saturated carbocycles. The van der Waals surface area contributed by atoms with E-state index >= 15 is 0 Å². The van der Waals surface area contributed by atoms with E-state index in [0.717, 1.165) is 12.2 Å². The monoisotopic (exact) mass is 231 g/mol. The van der Waals surface area contributed by atoms with E-state index < -0.39 is 0 Å². The smallest absolute Gasteiger partial charge is 0.188 e. The van der Waals surface area contributed by atoms with Crippen LogP contribution in [0.3, 0.4) is 0 Å². The molecule has 0 aromatic carbocycles. The molecule has 0 aliphatic carbocycles. The molecule has 0 radical (unpaired) electrons. The van der Waals surface area contributed by atoms with Gasteiger partial charge in [-0.25, -0.2) is 9.97 Å². The first-order valence-electron chi connectivity index (χ1n) is 5.23. The fourth-order valence-electron chi connectivity index (χ4n) is 1.56. The maximum atomic E-state index is 8.61. The van der Waals surface area contributed by atoms with Crippen LogP contribution in [0.4, 0.5) is 0 Å². The van der Waals surface area contributed by atoms with Gasteiger partial charge in [0, 0.05) is 18.8 Å². The summed E-state index contributed by atoms with van der Waals surface area (Å²) >= 11 is 0. The molecule has 6 nitrogen and oxygen atoms in total. The summed E-state index contributed by atoms with van der Waals surface area (Å²) < 4.78 is 1.87. The second kappa shape index (κ2) is 4.65. The number of imidazole rings is 1. The molecule has 2 aromatic heterocycles. The fraction of sp³-hybridized carbons (Fsp3) is 0.182. The quantitative estimate of drug-likeness (QED) is 0.356. The number of aryl methyl sites for hydroxylation is 1. The van der Waals surface area contributed by atoms with Gasteiger partial charge in [-0.3, -0.25) is 4.57 Å². The minimum absolute atomic E-state index is 0.00925. The SMILES string of the molecule is CCc1nccn1-c1cccc(C(N)=NO)n1. The second-order valence-electron chi connectivity index (χ2n) is 3.43. The zero-order valence-electron chi connectivity index (χ0n) is 9.41. The van der Waals surface area contributed by atoms with E-state index in [9.17, 15) is 0 Å². The van der Waals surface area contributed by atoms with Crippen molar-refractivity contribution in [1.29, 1.82) is 0 Å². The Balaban J connectivity index is 2.47. The highest BCUT2D eigenvalue weighted by Gasteiger charge is 2.06. The van der Waals surface area contributed by atoms with Gasteiger partial charge in [0.15, 0.2) is 5.84 Å². The number of nitrogens with two attached hydrogens (primary N) is 1. The minimum atomic E-state index is -0.00925. The number of hydrogen-bond acceptors (Lipinski definition) is 4. The summed E-state index contributed by atoms with van der Waals surface area (Å²) in [5.74, 6) is 1.60. The number of aromatic nitrogens is 3. The standard InChI is InChI=1S/C11H13N5O/c1-2-9-13-6-7-16(9)10-5-3-4-8(14-10)11(12)15-17/h3-7,17H,2H2,1H3,(H2,12,15). The van der Waals surface area contributed by atoms with Crippen molar-refractivity contribution in [3.63, 3.8) is 0 Å². The van der Waals surface area contributed by atoms with Crippen molar-refractivity contribution >= 4 is 5.84 Å². The van der Waals surface area contributed by atoms with Crippen molar-refractivity contribution < 1.29 is 5.21 Å². The predicted molar refractivity (Wildman–Crippen MR) is 63.2 cm³/mol. The number of rotatable bonds is 3. The van der Waals surface area contributed by atoms with Crippen molar-refractivity contribution in [2.24, 2.45) is 10.9 Å². The Bertz CT molecular complexity index is 546. The molecule has 17 heavy (non-hydrogen) atoms. The molecule has 0 saturated heterocycles. The van der Waals surface area contributed by atoms with Crippen molar-refractivity contribution in [3.05, 3.63) is 42.1 Å². The van der Waals surface area contributed by atoms with Crippen LogP contribution in [-0.2, 0) is 6.42 Å². The van der Waals surface area contributed by atoms with Gasteiger partial charge in [-0.2, -0.15) is 0 Å². The third-order valence-electron chi connectivity index (χ3n) is 2.38. The molecule has 2 rings (SSSR count). The van der Waals surface area contributed by atoms with Gasteiger partial charge in [0.1, 0.15) is 17.3 Å².